The first kappa shape index (κ1) is 9.92. The average Bonchev–Trinajstić information content (AvgIpc) is 2.07. The second kappa shape index (κ2) is 4.18. The summed E-state index contributed by atoms with van der Waals surface area (Å²) in [6.07, 6.45) is 2.24. The summed E-state index contributed by atoms with van der Waals surface area (Å²) >= 11 is 0. The van der Waals surface area contributed by atoms with Crippen LogP contribution in [0.2, 0.25) is 0 Å². The smallest absolute Gasteiger partial charge is 0.158 e. The minimum absolute atomic E-state index is 0.226. The van der Waals surface area contributed by atoms with Crippen molar-refractivity contribution in [1.29, 1.82) is 0 Å². The molecule has 0 radical (unpaired) electrons. The Morgan fingerprint density at radius 3 is 2.69 bits per heavy atom. The molecule has 13 heavy (non-hydrogen) atoms. The Morgan fingerprint density at radius 2 is 2.08 bits per heavy atom. The molecule has 0 aromatic carbocycles. The fraction of sp³-hybridized carbons (Fsp3) is 0.556. The zero-order chi connectivity index (χ0) is 9.84. The van der Waals surface area contributed by atoms with Gasteiger partial charge in [0.25, 0.3) is 0 Å². The van der Waals surface area contributed by atoms with Crippen LogP contribution in [-0.4, -0.2) is 40.6 Å². The first-order valence-electron chi connectivity index (χ1n) is 4.25. The van der Waals surface area contributed by atoms with Crippen molar-refractivity contribution < 1.29 is 5.11 Å². The largest absolute Gasteiger partial charge is 0.504 e. The van der Waals surface area contributed by atoms with E-state index in [1.54, 1.807) is 6.92 Å². The van der Waals surface area contributed by atoms with Crippen molar-refractivity contribution in [1.82, 2.24) is 14.9 Å². The molecule has 0 aliphatic carbocycles. The predicted octanol–water partition coefficient (Wildman–Crippen LogP) is 0.595. The van der Waals surface area contributed by atoms with Gasteiger partial charge < -0.3 is 10.0 Å². The van der Waals surface area contributed by atoms with E-state index in [0.717, 1.165) is 18.7 Å². The topological polar surface area (TPSA) is 49.2 Å². The number of hydrogen-bond donors (Lipinski definition) is 1. The van der Waals surface area contributed by atoms with Crippen LogP contribution in [0.1, 0.15) is 11.4 Å². The molecule has 0 unspecified atom stereocenters. The average molecular weight is 181 g/mol. The van der Waals surface area contributed by atoms with Gasteiger partial charge in [-0.15, -0.1) is 0 Å². The molecule has 1 aromatic rings. The first-order valence-corrected chi connectivity index (χ1v) is 4.25. The normalized spacial score (nSPS) is 10.8. The maximum atomic E-state index is 9.57. The lowest BCUT2D eigenvalue weighted by Gasteiger charge is -2.09. The van der Waals surface area contributed by atoms with Gasteiger partial charge in [-0.05, 0) is 21.0 Å². The lowest BCUT2D eigenvalue weighted by atomic mass is 10.2. The lowest BCUT2D eigenvalue weighted by Crippen LogP contribution is -2.15. The summed E-state index contributed by atoms with van der Waals surface area (Å²) in [6, 6.07) is 0. The number of aromatic nitrogens is 2. The molecule has 0 atom stereocenters. The van der Waals surface area contributed by atoms with Crippen molar-refractivity contribution >= 4 is 0 Å². The number of aromatic hydroxyl groups is 1. The van der Waals surface area contributed by atoms with Gasteiger partial charge in [-0.1, -0.05) is 0 Å². The Kier molecular flexibility index (Phi) is 3.19. The summed E-state index contributed by atoms with van der Waals surface area (Å²) in [6.45, 7) is 2.65. The van der Waals surface area contributed by atoms with Crippen LogP contribution in [0, 0.1) is 6.92 Å². The summed E-state index contributed by atoms with van der Waals surface area (Å²) in [4.78, 5) is 9.97. The Morgan fingerprint density at radius 1 is 1.38 bits per heavy atom. The summed E-state index contributed by atoms with van der Waals surface area (Å²) < 4.78 is 0. The van der Waals surface area contributed by atoms with E-state index in [-0.39, 0.29) is 5.75 Å². The van der Waals surface area contributed by atoms with E-state index in [2.05, 4.69) is 14.9 Å². The number of likely N-dealkylation sites (N-methyl/N-ethyl adjacent to an activating group) is 1. The standard InChI is InChI=1S/C9H15N3O/c1-7-9(13)8(11-6-10-7)4-5-12(2)3/h6,13H,4-5H2,1-3H3. The van der Waals surface area contributed by atoms with E-state index in [1.165, 1.54) is 6.33 Å². The molecule has 1 N–H and O–H groups in total. The maximum Gasteiger partial charge on any atom is 0.158 e. The van der Waals surface area contributed by atoms with Crippen LogP contribution in [-0.2, 0) is 6.42 Å². The third-order valence-corrected chi connectivity index (χ3v) is 1.88. The van der Waals surface area contributed by atoms with Crippen LogP contribution >= 0.6 is 0 Å². The molecule has 0 aliphatic heterocycles. The summed E-state index contributed by atoms with van der Waals surface area (Å²) in [5.74, 6) is 0.226. The van der Waals surface area contributed by atoms with Crippen molar-refractivity contribution in [2.24, 2.45) is 0 Å². The van der Waals surface area contributed by atoms with E-state index in [0.29, 0.717) is 5.69 Å². The van der Waals surface area contributed by atoms with Gasteiger partial charge in [-0.25, -0.2) is 9.97 Å². The van der Waals surface area contributed by atoms with Gasteiger partial charge in [0.15, 0.2) is 5.75 Å². The van der Waals surface area contributed by atoms with Gasteiger partial charge in [0.2, 0.25) is 0 Å². The SMILES string of the molecule is Cc1ncnc(CCN(C)C)c1O. The number of hydrogen-bond acceptors (Lipinski definition) is 4. The Balaban J connectivity index is 2.71. The Labute approximate surface area is 78.2 Å². The van der Waals surface area contributed by atoms with Crippen molar-refractivity contribution in [3.8, 4) is 5.75 Å². The van der Waals surface area contributed by atoms with E-state index >= 15 is 0 Å². The van der Waals surface area contributed by atoms with Gasteiger partial charge in [0, 0.05) is 13.0 Å². The van der Waals surface area contributed by atoms with E-state index in [1.807, 2.05) is 14.1 Å². The Bertz CT molecular complexity index is 286. The minimum Gasteiger partial charge on any atom is -0.504 e. The molecule has 4 heteroatoms. The van der Waals surface area contributed by atoms with Gasteiger partial charge in [-0.2, -0.15) is 0 Å². The van der Waals surface area contributed by atoms with Crippen molar-refractivity contribution in [2.45, 2.75) is 13.3 Å². The van der Waals surface area contributed by atoms with E-state index in [4.69, 9.17) is 0 Å². The number of rotatable bonds is 3. The highest BCUT2D eigenvalue weighted by atomic mass is 16.3. The zero-order valence-electron chi connectivity index (χ0n) is 8.28. The molecule has 4 nitrogen and oxygen atoms in total. The fourth-order valence-electron chi connectivity index (χ4n) is 1.03. The maximum absolute atomic E-state index is 9.57. The number of aryl methyl sites for hydroxylation is 1. The van der Waals surface area contributed by atoms with Crippen LogP contribution in [0.15, 0.2) is 6.33 Å². The molecule has 1 aromatic heterocycles. The molecule has 0 spiro atoms. The second-order valence-corrected chi connectivity index (χ2v) is 3.31. The third kappa shape index (κ3) is 2.66. The molecular formula is C9H15N3O. The van der Waals surface area contributed by atoms with Gasteiger partial charge in [-0.3, -0.25) is 0 Å². The van der Waals surface area contributed by atoms with E-state index in [9.17, 15) is 5.11 Å². The molecule has 1 rings (SSSR count). The van der Waals surface area contributed by atoms with Crippen LogP contribution in [0.4, 0.5) is 0 Å². The van der Waals surface area contributed by atoms with Gasteiger partial charge in [0.1, 0.15) is 6.33 Å². The molecule has 1 heterocycles. The lowest BCUT2D eigenvalue weighted by molar-refractivity contribution is 0.401. The molecule has 0 bridgehead atoms. The van der Waals surface area contributed by atoms with Crippen LogP contribution in [0.3, 0.4) is 0 Å². The molecule has 0 amide bonds. The highest BCUT2D eigenvalue weighted by Crippen LogP contribution is 2.16. The minimum atomic E-state index is 0.226. The summed E-state index contributed by atoms with van der Waals surface area (Å²) in [5.41, 5.74) is 1.37. The Hall–Kier alpha value is -1.16. The van der Waals surface area contributed by atoms with Crippen molar-refractivity contribution in [2.75, 3.05) is 20.6 Å². The first-order chi connectivity index (χ1) is 6.11. The molecule has 0 aliphatic rings. The zero-order valence-corrected chi connectivity index (χ0v) is 8.28. The van der Waals surface area contributed by atoms with Gasteiger partial charge >= 0.3 is 0 Å². The summed E-state index contributed by atoms with van der Waals surface area (Å²) in [7, 11) is 3.98. The van der Waals surface area contributed by atoms with Crippen LogP contribution < -0.4 is 0 Å². The van der Waals surface area contributed by atoms with E-state index < -0.39 is 0 Å². The van der Waals surface area contributed by atoms with Crippen molar-refractivity contribution in [3.05, 3.63) is 17.7 Å². The third-order valence-electron chi connectivity index (χ3n) is 1.88. The molecule has 0 saturated heterocycles. The van der Waals surface area contributed by atoms with Crippen LogP contribution in [0.5, 0.6) is 5.75 Å². The highest BCUT2D eigenvalue weighted by Gasteiger charge is 2.05. The van der Waals surface area contributed by atoms with Crippen molar-refractivity contribution in [3.63, 3.8) is 0 Å². The van der Waals surface area contributed by atoms with Crippen LogP contribution in [0.25, 0.3) is 0 Å². The monoisotopic (exact) mass is 181 g/mol. The van der Waals surface area contributed by atoms with Gasteiger partial charge in [0.05, 0.1) is 11.4 Å². The quantitative estimate of drug-likeness (QED) is 0.741. The predicted molar refractivity (Wildman–Crippen MR) is 50.7 cm³/mol. The molecule has 0 saturated carbocycles. The highest BCUT2D eigenvalue weighted by molar-refractivity contribution is 5.29. The number of nitrogens with zero attached hydrogens (tertiary/aromatic N) is 3. The second-order valence-electron chi connectivity index (χ2n) is 3.31. The fourth-order valence-corrected chi connectivity index (χ4v) is 1.03. The molecule has 72 valence electrons. The molecule has 0 fully saturated rings. The molecular weight excluding hydrogens is 166 g/mol. The summed E-state index contributed by atoms with van der Waals surface area (Å²) in [5, 5.41) is 9.57.